The minimum Gasteiger partial charge on any atom is -0.360 e. The average molecular weight is 169 g/mol. The van der Waals surface area contributed by atoms with Gasteiger partial charge < -0.3 is 5.32 Å². The van der Waals surface area contributed by atoms with Crippen molar-refractivity contribution in [3.8, 4) is 12.1 Å². The number of nitrogens with zero attached hydrogens (tertiary/aromatic N) is 2. The van der Waals surface area contributed by atoms with Gasteiger partial charge in [-0.25, -0.2) is 0 Å². The topological polar surface area (TPSA) is 59.6 Å². The Labute approximate surface area is 76.5 Å². The van der Waals surface area contributed by atoms with Gasteiger partial charge in [-0.15, -0.1) is 0 Å². The molecule has 0 unspecified atom stereocenters. The van der Waals surface area contributed by atoms with Crippen LogP contribution in [0.1, 0.15) is 0 Å². The molecule has 62 valence electrons. The van der Waals surface area contributed by atoms with Crippen LogP contribution in [-0.2, 0) is 0 Å². The second-order valence-electron chi connectivity index (χ2n) is 2.29. The third-order valence-electron chi connectivity index (χ3n) is 1.40. The number of nitrogens with one attached hydrogen (secondary N) is 1. The first-order chi connectivity index (χ1) is 6.36. The van der Waals surface area contributed by atoms with Crippen LogP contribution in [0, 0.1) is 22.7 Å². The van der Waals surface area contributed by atoms with Gasteiger partial charge in [0.25, 0.3) is 0 Å². The van der Waals surface area contributed by atoms with E-state index in [1.165, 1.54) is 6.20 Å². The lowest BCUT2D eigenvalue weighted by molar-refractivity contribution is 1.44. The van der Waals surface area contributed by atoms with E-state index < -0.39 is 0 Å². The van der Waals surface area contributed by atoms with Gasteiger partial charge in [0.05, 0.1) is 0 Å². The molecule has 0 heterocycles. The zero-order chi connectivity index (χ0) is 9.52. The van der Waals surface area contributed by atoms with Gasteiger partial charge in [-0.3, -0.25) is 0 Å². The summed E-state index contributed by atoms with van der Waals surface area (Å²) in [5.41, 5.74) is 0.911. The third kappa shape index (κ3) is 2.69. The van der Waals surface area contributed by atoms with E-state index in [-0.39, 0.29) is 5.57 Å². The lowest BCUT2D eigenvalue weighted by Crippen LogP contribution is -1.88. The van der Waals surface area contributed by atoms with Crippen molar-refractivity contribution in [3.05, 3.63) is 42.1 Å². The van der Waals surface area contributed by atoms with Crippen LogP contribution in [-0.4, -0.2) is 0 Å². The molecule has 0 aromatic heterocycles. The fourth-order valence-electron chi connectivity index (χ4n) is 0.779. The highest BCUT2D eigenvalue weighted by Gasteiger charge is 1.90. The molecule has 0 bridgehead atoms. The largest absolute Gasteiger partial charge is 0.360 e. The summed E-state index contributed by atoms with van der Waals surface area (Å²) in [6.45, 7) is 0. The van der Waals surface area contributed by atoms with Crippen LogP contribution in [0.2, 0.25) is 0 Å². The van der Waals surface area contributed by atoms with Crippen LogP contribution in [0.3, 0.4) is 0 Å². The number of anilines is 1. The van der Waals surface area contributed by atoms with Gasteiger partial charge in [-0.05, 0) is 12.1 Å². The van der Waals surface area contributed by atoms with Crippen molar-refractivity contribution in [2.45, 2.75) is 0 Å². The summed E-state index contributed by atoms with van der Waals surface area (Å²) in [7, 11) is 0. The number of para-hydroxylation sites is 1. The van der Waals surface area contributed by atoms with Crippen molar-refractivity contribution >= 4 is 5.69 Å². The minimum absolute atomic E-state index is 0.0591. The quantitative estimate of drug-likeness (QED) is 0.689. The van der Waals surface area contributed by atoms with Gasteiger partial charge >= 0.3 is 0 Å². The minimum atomic E-state index is 0.0591. The Morgan fingerprint density at radius 1 is 1.15 bits per heavy atom. The van der Waals surface area contributed by atoms with Gasteiger partial charge in [-0.2, -0.15) is 10.5 Å². The van der Waals surface area contributed by atoms with Crippen molar-refractivity contribution in [3.63, 3.8) is 0 Å². The molecule has 0 radical (unpaired) electrons. The number of benzene rings is 1. The van der Waals surface area contributed by atoms with Crippen LogP contribution in [0.5, 0.6) is 0 Å². The number of hydrogen-bond acceptors (Lipinski definition) is 3. The van der Waals surface area contributed by atoms with Crippen LogP contribution in [0.15, 0.2) is 42.1 Å². The summed E-state index contributed by atoms with van der Waals surface area (Å²) in [5.74, 6) is 0. The maximum atomic E-state index is 8.42. The molecular formula is C10H7N3. The summed E-state index contributed by atoms with van der Waals surface area (Å²) in [6, 6.07) is 12.9. The third-order valence-corrected chi connectivity index (χ3v) is 1.40. The molecule has 0 aliphatic heterocycles. The van der Waals surface area contributed by atoms with Crippen molar-refractivity contribution in [1.82, 2.24) is 0 Å². The maximum Gasteiger partial charge on any atom is 0.145 e. The lowest BCUT2D eigenvalue weighted by Gasteiger charge is -1.97. The second kappa shape index (κ2) is 4.58. The van der Waals surface area contributed by atoms with Gasteiger partial charge in [0.1, 0.15) is 17.7 Å². The molecule has 0 amide bonds. The van der Waals surface area contributed by atoms with Crippen molar-refractivity contribution in [2.75, 3.05) is 5.32 Å². The molecule has 0 saturated heterocycles. The molecule has 1 aromatic carbocycles. The molecule has 0 atom stereocenters. The smallest absolute Gasteiger partial charge is 0.145 e. The van der Waals surface area contributed by atoms with E-state index >= 15 is 0 Å². The first kappa shape index (κ1) is 8.83. The van der Waals surface area contributed by atoms with Gasteiger partial charge in [0, 0.05) is 11.9 Å². The highest BCUT2D eigenvalue weighted by molar-refractivity contribution is 5.48. The van der Waals surface area contributed by atoms with Crippen LogP contribution in [0.25, 0.3) is 0 Å². The second-order valence-corrected chi connectivity index (χ2v) is 2.29. The molecule has 0 spiro atoms. The average Bonchev–Trinajstić information content (AvgIpc) is 2.21. The Balaban J connectivity index is 2.69. The Morgan fingerprint density at radius 2 is 1.77 bits per heavy atom. The van der Waals surface area contributed by atoms with Crippen molar-refractivity contribution in [2.24, 2.45) is 0 Å². The molecule has 0 aliphatic carbocycles. The summed E-state index contributed by atoms with van der Waals surface area (Å²) in [6.07, 6.45) is 1.38. The number of allylic oxidation sites excluding steroid dienone is 1. The first-order valence-corrected chi connectivity index (χ1v) is 3.69. The fourth-order valence-corrected chi connectivity index (χ4v) is 0.779. The molecule has 0 fully saturated rings. The zero-order valence-electron chi connectivity index (χ0n) is 6.86. The highest BCUT2D eigenvalue weighted by Crippen LogP contribution is 2.05. The summed E-state index contributed by atoms with van der Waals surface area (Å²) < 4.78 is 0. The zero-order valence-corrected chi connectivity index (χ0v) is 6.86. The van der Waals surface area contributed by atoms with E-state index in [0.29, 0.717) is 0 Å². The monoisotopic (exact) mass is 169 g/mol. The maximum absolute atomic E-state index is 8.42. The molecule has 1 aromatic rings. The molecular weight excluding hydrogens is 162 g/mol. The molecule has 3 nitrogen and oxygen atoms in total. The predicted molar refractivity (Wildman–Crippen MR) is 49.4 cm³/mol. The lowest BCUT2D eigenvalue weighted by atomic mass is 10.3. The molecule has 1 rings (SSSR count). The van der Waals surface area contributed by atoms with E-state index in [9.17, 15) is 0 Å². The normalized spacial score (nSPS) is 7.85. The molecule has 13 heavy (non-hydrogen) atoms. The number of nitriles is 2. The number of rotatable bonds is 2. The molecule has 1 N–H and O–H groups in total. The van der Waals surface area contributed by atoms with E-state index in [4.69, 9.17) is 10.5 Å². The Hall–Kier alpha value is -2.26. The van der Waals surface area contributed by atoms with Crippen LogP contribution >= 0.6 is 0 Å². The predicted octanol–water partition coefficient (Wildman–Crippen LogP) is 2.03. The molecule has 0 aliphatic rings. The van der Waals surface area contributed by atoms with Crippen molar-refractivity contribution < 1.29 is 0 Å². The van der Waals surface area contributed by atoms with E-state index in [1.54, 1.807) is 12.1 Å². The van der Waals surface area contributed by atoms with Gasteiger partial charge in [-0.1, -0.05) is 18.2 Å². The Morgan fingerprint density at radius 3 is 2.31 bits per heavy atom. The van der Waals surface area contributed by atoms with E-state index in [0.717, 1.165) is 5.69 Å². The first-order valence-electron chi connectivity index (χ1n) is 3.69. The van der Waals surface area contributed by atoms with Crippen LogP contribution in [0.4, 0.5) is 5.69 Å². The summed E-state index contributed by atoms with van der Waals surface area (Å²) in [5, 5.41) is 19.7. The van der Waals surface area contributed by atoms with Gasteiger partial charge in [0.2, 0.25) is 0 Å². The van der Waals surface area contributed by atoms with Crippen molar-refractivity contribution in [1.29, 1.82) is 10.5 Å². The molecule has 0 saturated carbocycles. The van der Waals surface area contributed by atoms with Crippen LogP contribution < -0.4 is 5.32 Å². The standard InChI is InChI=1S/C10H7N3/c11-6-9(7-12)8-13-10-4-2-1-3-5-10/h1-5,8,13H. The molecule has 3 heteroatoms. The Bertz CT molecular complexity index is 363. The van der Waals surface area contributed by atoms with Gasteiger partial charge in [0.15, 0.2) is 0 Å². The summed E-state index contributed by atoms with van der Waals surface area (Å²) >= 11 is 0. The SMILES string of the molecule is N#CC(C#N)=CNc1ccccc1. The summed E-state index contributed by atoms with van der Waals surface area (Å²) in [4.78, 5) is 0. The Kier molecular flexibility index (Phi) is 3.11. The highest BCUT2D eigenvalue weighted by atomic mass is 14.8. The van der Waals surface area contributed by atoms with E-state index in [1.807, 2.05) is 30.3 Å². The fraction of sp³-hybridized carbons (Fsp3) is 0. The van der Waals surface area contributed by atoms with E-state index in [2.05, 4.69) is 5.32 Å². The number of hydrogen-bond donors (Lipinski definition) is 1.